The number of nitrogens with one attached hydrogen (secondary N) is 1. The van der Waals surface area contributed by atoms with Gasteiger partial charge in [-0.05, 0) is 43.0 Å². The monoisotopic (exact) mass is 315 g/mol. The Bertz CT molecular complexity index is 613. The van der Waals surface area contributed by atoms with E-state index in [1.807, 2.05) is 30.3 Å². The van der Waals surface area contributed by atoms with Crippen molar-refractivity contribution in [2.24, 2.45) is 0 Å². The average Bonchev–Trinajstić information content (AvgIpc) is 2.56. The van der Waals surface area contributed by atoms with Gasteiger partial charge in [0.15, 0.2) is 0 Å². The first kappa shape index (κ1) is 17.2. The van der Waals surface area contributed by atoms with Crippen LogP contribution >= 0.6 is 0 Å². The van der Waals surface area contributed by atoms with Crippen LogP contribution in [0.1, 0.15) is 37.0 Å². The van der Waals surface area contributed by atoms with E-state index < -0.39 is 12.1 Å². The lowest BCUT2D eigenvalue weighted by Gasteiger charge is -2.20. The maximum Gasteiger partial charge on any atom is 0.220 e. The Morgan fingerprint density at radius 2 is 1.78 bits per heavy atom. The molecule has 0 fully saturated rings. The van der Waals surface area contributed by atoms with Crippen molar-refractivity contribution in [1.82, 2.24) is 5.32 Å². The van der Waals surface area contributed by atoms with Crippen LogP contribution in [0.4, 0.5) is 4.39 Å². The second-order valence-electron chi connectivity index (χ2n) is 5.69. The quantitative estimate of drug-likeness (QED) is 0.823. The Hall–Kier alpha value is -2.20. The maximum absolute atomic E-state index is 12.9. The molecule has 0 spiro atoms. The molecule has 0 aliphatic carbocycles. The molecule has 2 unspecified atom stereocenters. The highest BCUT2D eigenvalue weighted by molar-refractivity contribution is 5.76. The first-order chi connectivity index (χ1) is 11.1. The fourth-order valence-electron chi connectivity index (χ4n) is 2.45. The molecule has 0 saturated carbocycles. The molecule has 0 radical (unpaired) electrons. The van der Waals surface area contributed by atoms with Gasteiger partial charge in [0, 0.05) is 6.42 Å². The molecule has 0 bridgehead atoms. The number of aliphatic hydroxyl groups excluding tert-OH is 1. The summed E-state index contributed by atoms with van der Waals surface area (Å²) in [4.78, 5) is 12.0. The summed E-state index contributed by atoms with van der Waals surface area (Å²) in [5.74, 6) is -0.437. The molecule has 3 nitrogen and oxygen atoms in total. The molecule has 0 aromatic heterocycles. The summed E-state index contributed by atoms with van der Waals surface area (Å²) < 4.78 is 12.9. The Kier molecular flexibility index (Phi) is 6.29. The van der Waals surface area contributed by atoms with Crippen LogP contribution in [0.15, 0.2) is 54.6 Å². The number of hydrogen-bond acceptors (Lipinski definition) is 2. The normalized spacial score (nSPS) is 13.3. The number of aliphatic hydroxyl groups is 1. The summed E-state index contributed by atoms with van der Waals surface area (Å²) in [6.45, 7) is 1.74. The molecule has 4 heteroatoms. The number of carbonyl (C=O) groups excluding carboxylic acids is 1. The molecular weight excluding hydrogens is 293 g/mol. The fourth-order valence-corrected chi connectivity index (χ4v) is 2.45. The first-order valence-electron chi connectivity index (χ1n) is 7.83. The van der Waals surface area contributed by atoms with E-state index in [9.17, 15) is 14.3 Å². The van der Waals surface area contributed by atoms with E-state index in [0.717, 1.165) is 12.8 Å². The molecule has 2 aromatic rings. The van der Waals surface area contributed by atoms with Crippen LogP contribution in [-0.2, 0) is 11.2 Å². The van der Waals surface area contributed by atoms with Gasteiger partial charge in [0.25, 0.3) is 0 Å². The third kappa shape index (κ3) is 5.49. The van der Waals surface area contributed by atoms with Gasteiger partial charge in [-0.3, -0.25) is 4.79 Å². The smallest absolute Gasteiger partial charge is 0.220 e. The Balaban J connectivity index is 1.76. The van der Waals surface area contributed by atoms with Crippen LogP contribution in [-0.4, -0.2) is 17.1 Å². The lowest BCUT2D eigenvalue weighted by Crippen LogP contribution is -2.37. The summed E-state index contributed by atoms with van der Waals surface area (Å²) in [5.41, 5.74) is 1.79. The van der Waals surface area contributed by atoms with Gasteiger partial charge in [-0.1, -0.05) is 42.5 Å². The Morgan fingerprint density at radius 3 is 2.43 bits per heavy atom. The minimum absolute atomic E-state index is 0.0883. The number of halogens is 1. The van der Waals surface area contributed by atoms with Crippen LogP contribution < -0.4 is 5.32 Å². The zero-order valence-corrected chi connectivity index (χ0v) is 13.2. The molecule has 1 amide bonds. The van der Waals surface area contributed by atoms with Crippen LogP contribution in [0.5, 0.6) is 0 Å². The van der Waals surface area contributed by atoms with Gasteiger partial charge in [0.2, 0.25) is 5.91 Å². The molecule has 2 atom stereocenters. The van der Waals surface area contributed by atoms with E-state index >= 15 is 0 Å². The standard InChI is InChI=1S/C19H22FNO2/c1-14(19(23)16-10-12-17(20)13-11-16)21-18(22)9-5-8-15-6-3-2-4-7-15/h2-4,6-7,10-14,19,23H,5,8-9H2,1H3,(H,21,22). The number of hydrogen-bond donors (Lipinski definition) is 2. The summed E-state index contributed by atoms with van der Waals surface area (Å²) in [5, 5.41) is 13.0. The van der Waals surface area contributed by atoms with Crippen molar-refractivity contribution in [3.05, 3.63) is 71.5 Å². The predicted molar refractivity (Wildman–Crippen MR) is 88.3 cm³/mol. The van der Waals surface area contributed by atoms with Crippen molar-refractivity contribution in [1.29, 1.82) is 0 Å². The van der Waals surface area contributed by atoms with Crippen LogP contribution in [0.25, 0.3) is 0 Å². The van der Waals surface area contributed by atoms with Crippen molar-refractivity contribution < 1.29 is 14.3 Å². The lowest BCUT2D eigenvalue weighted by molar-refractivity contribution is -0.122. The second kappa shape index (κ2) is 8.44. The number of amides is 1. The zero-order valence-electron chi connectivity index (χ0n) is 13.2. The van der Waals surface area contributed by atoms with Crippen molar-refractivity contribution in [2.45, 2.75) is 38.3 Å². The molecule has 2 rings (SSSR count). The number of carbonyl (C=O) groups is 1. The summed E-state index contributed by atoms with van der Waals surface area (Å²) >= 11 is 0. The molecule has 23 heavy (non-hydrogen) atoms. The highest BCUT2D eigenvalue weighted by atomic mass is 19.1. The van der Waals surface area contributed by atoms with E-state index in [0.29, 0.717) is 12.0 Å². The molecule has 0 aliphatic heterocycles. The largest absolute Gasteiger partial charge is 0.386 e. The third-order valence-corrected chi connectivity index (χ3v) is 3.79. The molecule has 0 aliphatic rings. The van der Waals surface area contributed by atoms with Crippen molar-refractivity contribution >= 4 is 5.91 Å². The Labute approximate surface area is 136 Å². The Morgan fingerprint density at radius 1 is 1.13 bits per heavy atom. The fraction of sp³-hybridized carbons (Fsp3) is 0.316. The van der Waals surface area contributed by atoms with E-state index in [4.69, 9.17) is 0 Å². The van der Waals surface area contributed by atoms with Gasteiger partial charge in [-0.25, -0.2) is 4.39 Å². The van der Waals surface area contributed by atoms with E-state index in [-0.39, 0.29) is 11.7 Å². The van der Waals surface area contributed by atoms with Crippen molar-refractivity contribution in [2.75, 3.05) is 0 Å². The topological polar surface area (TPSA) is 49.3 Å². The van der Waals surface area contributed by atoms with Gasteiger partial charge < -0.3 is 10.4 Å². The predicted octanol–water partition coefficient (Wildman–Crippen LogP) is 3.39. The minimum atomic E-state index is -0.853. The van der Waals surface area contributed by atoms with Crippen LogP contribution in [0.2, 0.25) is 0 Å². The van der Waals surface area contributed by atoms with E-state index in [1.165, 1.54) is 29.8 Å². The zero-order chi connectivity index (χ0) is 16.7. The summed E-state index contributed by atoms with van der Waals surface area (Å²) in [6.07, 6.45) is 1.17. The highest BCUT2D eigenvalue weighted by Gasteiger charge is 2.18. The van der Waals surface area contributed by atoms with E-state index in [1.54, 1.807) is 6.92 Å². The maximum atomic E-state index is 12.9. The molecular formula is C19H22FNO2. The van der Waals surface area contributed by atoms with Gasteiger partial charge in [0.05, 0.1) is 12.1 Å². The third-order valence-electron chi connectivity index (χ3n) is 3.79. The molecule has 2 aromatic carbocycles. The molecule has 122 valence electrons. The lowest BCUT2D eigenvalue weighted by atomic mass is 10.0. The molecule has 0 saturated heterocycles. The van der Waals surface area contributed by atoms with Crippen LogP contribution in [0.3, 0.4) is 0 Å². The van der Waals surface area contributed by atoms with Crippen LogP contribution in [0, 0.1) is 5.82 Å². The number of benzene rings is 2. The second-order valence-corrected chi connectivity index (χ2v) is 5.69. The van der Waals surface area contributed by atoms with Gasteiger partial charge in [-0.2, -0.15) is 0 Å². The SMILES string of the molecule is CC(NC(=O)CCCc1ccccc1)C(O)c1ccc(F)cc1. The minimum Gasteiger partial charge on any atom is -0.386 e. The number of aryl methyl sites for hydroxylation is 1. The van der Waals surface area contributed by atoms with Crippen molar-refractivity contribution in [3.63, 3.8) is 0 Å². The average molecular weight is 315 g/mol. The van der Waals surface area contributed by atoms with Gasteiger partial charge >= 0.3 is 0 Å². The van der Waals surface area contributed by atoms with Gasteiger partial charge in [0.1, 0.15) is 5.82 Å². The number of rotatable bonds is 7. The van der Waals surface area contributed by atoms with Gasteiger partial charge in [-0.15, -0.1) is 0 Å². The van der Waals surface area contributed by atoms with E-state index in [2.05, 4.69) is 5.32 Å². The summed E-state index contributed by atoms with van der Waals surface area (Å²) in [6, 6.07) is 15.2. The van der Waals surface area contributed by atoms with Crippen molar-refractivity contribution in [3.8, 4) is 0 Å². The summed E-state index contributed by atoms with van der Waals surface area (Å²) in [7, 11) is 0. The molecule has 0 heterocycles. The first-order valence-corrected chi connectivity index (χ1v) is 7.83. The highest BCUT2D eigenvalue weighted by Crippen LogP contribution is 2.17. The molecule has 2 N–H and O–H groups in total.